The average Bonchev–Trinajstić information content (AvgIpc) is 2.17. The van der Waals surface area contributed by atoms with E-state index < -0.39 is 17.5 Å². The standard InChI is InChI=1S/C10H15NO3S/c1-8(11)7-10(14-15(12)13)9-5-3-2-4-6-9/h2-6,8,10H,7,11H2,1H3,(H,12,13)/p-1. The van der Waals surface area contributed by atoms with Gasteiger partial charge in [-0.05, 0) is 18.9 Å². The number of benzene rings is 1. The highest BCUT2D eigenvalue weighted by atomic mass is 32.2. The lowest BCUT2D eigenvalue weighted by atomic mass is 10.0. The Balaban J connectivity index is 2.76. The molecule has 15 heavy (non-hydrogen) atoms. The maximum atomic E-state index is 10.5. The summed E-state index contributed by atoms with van der Waals surface area (Å²) in [5.41, 5.74) is 6.44. The monoisotopic (exact) mass is 228 g/mol. The molecule has 4 nitrogen and oxygen atoms in total. The van der Waals surface area contributed by atoms with Gasteiger partial charge < -0.3 is 10.3 Å². The SMILES string of the molecule is CC(N)CC(OS(=O)[O-])c1ccccc1. The molecule has 84 valence electrons. The number of hydrogen-bond donors (Lipinski definition) is 1. The largest absolute Gasteiger partial charge is 0.750 e. The van der Waals surface area contributed by atoms with Crippen molar-refractivity contribution in [3.63, 3.8) is 0 Å². The molecule has 0 radical (unpaired) electrons. The van der Waals surface area contributed by atoms with Gasteiger partial charge in [0.25, 0.3) is 0 Å². The van der Waals surface area contributed by atoms with Crippen molar-refractivity contribution in [2.75, 3.05) is 0 Å². The van der Waals surface area contributed by atoms with Crippen molar-refractivity contribution >= 4 is 11.4 Å². The highest BCUT2D eigenvalue weighted by molar-refractivity contribution is 7.74. The molecule has 0 bridgehead atoms. The van der Waals surface area contributed by atoms with Gasteiger partial charge in [0, 0.05) is 6.04 Å². The average molecular weight is 228 g/mol. The third-order valence-corrected chi connectivity index (χ3v) is 2.34. The molecule has 0 fully saturated rings. The molecule has 1 aromatic rings. The van der Waals surface area contributed by atoms with E-state index >= 15 is 0 Å². The minimum atomic E-state index is -2.52. The summed E-state index contributed by atoms with van der Waals surface area (Å²) in [6.45, 7) is 1.81. The van der Waals surface area contributed by atoms with Gasteiger partial charge in [-0.25, -0.2) is 4.21 Å². The zero-order chi connectivity index (χ0) is 11.3. The highest BCUT2D eigenvalue weighted by Crippen LogP contribution is 2.22. The van der Waals surface area contributed by atoms with E-state index in [1.165, 1.54) is 0 Å². The Hall–Kier alpha value is -0.750. The highest BCUT2D eigenvalue weighted by Gasteiger charge is 2.14. The van der Waals surface area contributed by atoms with Crippen LogP contribution in [0.2, 0.25) is 0 Å². The van der Waals surface area contributed by atoms with Crippen molar-refractivity contribution in [2.45, 2.75) is 25.5 Å². The van der Waals surface area contributed by atoms with Gasteiger partial charge in [-0.15, -0.1) is 0 Å². The van der Waals surface area contributed by atoms with E-state index in [4.69, 9.17) is 9.92 Å². The van der Waals surface area contributed by atoms with Crippen molar-refractivity contribution < 1.29 is 12.9 Å². The number of nitrogens with two attached hydrogens (primary N) is 1. The summed E-state index contributed by atoms with van der Waals surface area (Å²) in [5, 5.41) is 0. The van der Waals surface area contributed by atoms with Crippen LogP contribution in [0.1, 0.15) is 25.0 Å². The van der Waals surface area contributed by atoms with Crippen LogP contribution >= 0.6 is 0 Å². The summed E-state index contributed by atoms with van der Waals surface area (Å²) in [6, 6.07) is 9.06. The molecule has 3 atom stereocenters. The Morgan fingerprint density at radius 3 is 2.53 bits per heavy atom. The topological polar surface area (TPSA) is 75.4 Å². The van der Waals surface area contributed by atoms with E-state index in [1.54, 1.807) is 0 Å². The minimum absolute atomic E-state index is 0.112. The molecule has 0 amide bonds. The molecule has 0 aliphatic carbocycles. The van der Waals surface area contributed by atoms with E-state index in [9.17, 15) is 8.76 Å². The van der Waals surface area contributed by atoms with E-state index in [0.717, 1.165) is 5.56 Å². The van der Waals surface area contributed by atoms with Crippen molar-refractivity contribution in [1.82, 2.24) is 0 Å². The summed E-state index contributed by atoms with van der Waals surface area (Å²) in [7, 11) is 0. The molecular weight excluding hydrogens is 214 g/mol. The normalized spacial score (nSPS) is 17.0. The summed E-state index contributed by atoms with van der Waals surface area (Å²) >= 11 is -2.52. The van der Waals surface area contributed by atoms with Crippen LogP contribution in [0.25, 0.3) is 0 Å². The van der Waals surface area contributed by atoms with E-state index in [-0.39, 0.29) is 6.04 Å². The predicted octanol–water partition coefficient (Wildman–Crippen LogP) is 1.28. The molecule has 2 N–H and O–H groups in total. The molecule has 0 saturated carbocycles. The lowest BCUT2D eigenvalue weighted by Gasteiger charge is -2.20. The Morgan fingerprint density at radius 1 is 1.47 bits per heavy atom. The molecule has 0 aliphatic heterocycles. The Labute approximate surface area is 91.9 Å². The second-order valence-corrected chi connectivity index (χ2v) is 4.01. The first-order valence-corrected chi connectivity index (χ1v) is 5.66. The molecule has 0 aromatic heterocycles. The third-order valence-electron chi connectivity index (χ3n) is 1.95. The fraction of sp³-hybridized carbons (Fsp3) is 0.400. The first kappa shape index (κ1) is 12.3. The van der Waals surface area contributed by atoms with Crippen LogP contribution < -0.4 is 5.73 Å². The van der Waals surface area contributed by atoms with Crippen molar-refractivity contribution in [3.8, 4) is 0 Å². The molecule has 3 unspecified atom stereocenters. The fourth-order valence-electron chi connectivity index (χ4n) is 1.33. The lowest BCUT2D eigenvalue weighted by Crippen LogP contribution is -2.20. The van der Waals surface area contributed by atoms with Crippen molar-refractivity contribution in [1.29, 1.82) is 0 Å². The lowest BCUT2D eigenvalue weighted by molar-refractivity contribution is 0.187. The van der Waals surface area contributed by atoms with E-state index in [0.29, 0.717) is 6.42 Å². The van der Waals surface area contributed by atoms with Crippen molar-refractivity contribution in [3.05, 3.63) is 35.9 Å². The smallest absolute Gasteiger partial charge is 0.100 e. The van der Waals surface area contributed by atoms with Crippen LogP contribution in [-0.4, -0.2) is 14.8 Å². The minimum Gasteiger partial charge on any atom is -0.750 e. The first-order valence-electron chi connectivity index (χ1n) is 4.66. The van der Waals surface area contributed by atoms with Crippen LogP contribution in [0.4, 0.5) is 0 Å². The molecular formula is C10H14NO3S-. The van der Waals surface area contributed by atoms with Crippen molar-refractivity contribution in [2.24, 2.45) is 5.73 Å². The van der Waals surface area contributed by atoms with Crippen LogP contribution in [-0.2, 0) is 15.5 Å². The maximum Gasteiger partial charge on any atom is 0.100 e. The molecule has 1 aromatic carbocycles. The first-order chi connectivity index (χ1) is 7.09. The van der Waals surface area contributed by atoms with Gasteiger partial charge in [-0.3, -0.25) is 4.18 Å². The van der Waals surface area contributed by atoms with E-state index in [1.807, 2.05) is 37.3 Å². The molecule has 0 spiro atoms. The zero-order valence-electron chi connectivity index (χ0n) is 8.46. The van der Waals surface area contributed by atoms with E-state index in [2.05, 4.69) is 0 Å². The summed E-state index contributed by atoms with van der Waals surface area (Å²) in [6.07, 6.45) is -0.0256. The molecule has 1 rings (SSSR count). The van der Waals surface area contributed by atoms with Gasteiger partial charge in [0.1, 0.15) is 6.10 Å². The van der Waals surface area contributed by atoms with Gasteiger partial charge in [0.15, 0.2) is 0 Å². The number of hydrogen-bond acceptors (Lipinski definition) is 4. The molecule has 5 heteroatoms. The summed E-state index contributed by atoms with van der Waals surface area (Å²) < 4.78 is 25.8. The third kappa shape index (κ3) is 4.53. The van der Waals surface area contributed by atoms with Crippen LogP contribution in [0, 0.1) is 0 Å². The van der Waals surface area contributed by atoms with Crippen LogP contribution in [0.15, 0.2) is 30.3 Å². The van der Waals surface area contributed by atoms with Gasteiger partial charge in [-0.1, -0.05) is 30.3 Å². The second kappa shape index (κ2) is 5.97. The quantitative estimate of drug-likeness (QED) is 0.770. The summed E-state index contributed by atoms with van der Waals surface area (Å²) in [5.74, 6) is 0. The molecule has 0 heterocycles. The van der Waals surface area contributed by atoms with Crippen LogP contribution in [0.3, 0.4) is 0 Å². The predicted molar refractivity (Wildman–Crippen MR) is 57.5 cm³/mol. The van der Waals surface area contributed by atoms with Gasteiger partial charge in [0.2, 0.25) is 0 Å². The van der Waals surface area contributed by atoms with Gasteiger partial charge >= 0.3 is 0 Å². The number of rotatable bonds is 5. The molecule has 0 saturated heterocycles. The van der Waals surface area contributed by atoms with Crippen LogP contribution in [0.5, 0.6) is 0 Å². The van der Waals surface area contributed by atoms with Gasteiger partial charge in [-0.2, -0.15) is 0 Å². The summed E-state index contributed by atoms with van der Waals surface area (Å²) in [4.78, 5) is 0. The fourth-order valence-corrected chi connectivity index (χ4v) is 1.71. The Morgan fingerprint density at radius 2 is 2.07 bits per heavy atom. The Kier molecular flexibility index (Phi) is 4.90. The molecule has 0 aliphatic rings. The second-order valence-electron chi connectivity index (χ2n) is 3.41. The zero-order valence-corrected chi connectivity index (χ0v) is 9.28. The van der Waals surface area contributed by atoms with Gasteiger partial charge in [0.05, 0.1) is 11.4 Å². The Bertz CT molecular complexity index is 316. The maximum absolute atomic E-state index is 10.5.